The molecule has 0 amide bonds. The van der Waals surface area contributed by atoms with Crippen molar-refractivity contribution in [2.24, 2.45) is 0 Å². The number of fused-ring (bicyclic) bond motifs is 2. The van der Waals surface area contributed by atoms with Gasteiger partial charge in [0, 0.05) is 43.5 Å². The number of carboxylic acid groups (broad SMARTS) is 1. The fourth-order valence-electron chi connectivity index (χ4n) is 4.54. The number of piperidine rings is 1. The molecular formula is C22H20Cl2N4O3. The van der Waals surface area contributed by atoms with E-state index in [-0.39, 0.29) is 11.6 Å². The molecular weight excluding hydrogens is 439 g/mol. The van der Waals surface area contributed by atoms with Crippen LogP contribution in [0.25, 0.3) is 10.9 Å². The Morgan fingerprint density at radius 2 is 1.97 bits per heavy atom. The van der Waals surface area contributed by atoms with E-state index in [1.807, 2.05) is 22.8 Å². The second-order valence-electron chi connectivity index (χ2n) is 8.01. The average Bonchev–Trinajstić information content (AvgIpc) is 3.18. The molecule has 2 aromatic heterocycles. The number of carbonyl (C=O) groups is 1. The Morgan fingerprint density at radius 1 is 1.19 bits per heavy atom. The molecule has 0 spiro atoms. The average molecular weight is 459 g/mol. The Kier molecular flexibility index (Phi) is 5.12. The van der Waals surface area contributed by atoms with Crippen molar-refractivity contribution < 1.29 is 9.90 Å². The number of carboxylic acids is 1. The predicted octanol–water partition coefficient (Wildman–Crippen LogP) is 4.06. The summed E-state index contributed by atoms with van der Waals surface area (Å²) in [6, 6.07) is 7.52. The van der Waals surface area contributed by atoms with E-state index in [1.165, 1.54) is 6.20 Å². The Hall–Kier alpha value is -2.61. The summed E-state index contributed by atoms with van der Waals surface area (Å²) in [5.41, 5.74) is 2.87. The second-order valence-corrected chi connectivity index (χ2v) is 8.90. The number of halogens is 2. The van der Waals surface area contributed by atoms with Gasteiger partial charge in [-0.2, -0.15) is 0 Å². The van der Waals surface area contributed by atoms with Gasteiger partial charge in [0.1, 0.15) is 5.56 Å². The zero-order valence-electron chi connectivity index (χ0n) is 16.6. The lowest BCUT2D eigenvalue weighted by atomic mass is 10.0. The lowest BCUT2D eigenvalue weighted by Crippen LogP contribution is -2.30. The van der Waals surface area contributed by atoms with Crippen molar-refractivity contribution in [3.63, 3.8) is 0 Å². The summed E-state index contributed by atoms with van der Waals surface area (Å²) in [5, 5.41) is 10.3. The van der Waals surface area contributed by atoms with E-state index in [9.17, 15) is 14.7 Å². The standard InChI is InChI=1S/C22H20Cl2N4O3/c23-17-8-15-19(9-20(17)26-10-13-2-1-5-25-18(13)12-26)28(11-16(21(15)29)22(30)31)14-3-6-27(24)7-4-14/h1-2,5,8-9,11,14H,3-4,6-7,10,12H2,(H,30,31). The summed E-state index contributed by atoms with van der Waals surface area (Å²) in [6.07, 6.45) is 4.77. The fourth-order valence-corrected chi connectivity index (χ4v) is 5.02. The predicted molar refractivity (Wildman–Crippen MR) is 120 cm³/mol. The fraction of sp³-hybridized carbons (Fsp3) is 0.318. The van der Waals surface area contributed by atoms with Gasteiger partial charge < -0.3 is 14.6 Å². The van der Waals surface area contributed by atoms with Gasteiger partial charge in [-0.3, -0.25) is 9.78 Å². The van der Waals surface area contributed by atoms with Crippen LogP contribution >= 0.6 is 23.4 Å². The molecule has 2 aliphatic heterocycles. The van der Waals surface area contributed by atoms with E-state index in [4.69, 9.17) is 23.4 Å². The molecule has 0 atom stereocenters. The van der Waals surface area contributed by atoms with E-state index in [0.717, 1.165) is 29.8 Å². The van der Waals surface area contributed by atoms with Crippen LogP contribution in [0, 0.1) is 0 Å². The quantitative estimate of drug-likeness (QED) is 0.596. The van der Waals surface area contributed by atoms with Gasteiger partial charge in [-0.05, 0) is 48.4 Å². The highest BCUT2D eigenvalue weighted by Crippen LogP contribution is 2.36. The van der Waals surface area contributed by atoms with Crippen LogP contribution < -0.4 is 10.3 Å². The molecule has 1 fully saturated rings. The van der Waals surface area contributed by atoms with Crippen LogP contribution in [0.2, 0.25) is 5.02 Å². The van der Waals surface area contributed by atoms with Crippen LogP contribution in [-0.2, 0) is 13.1 Å². The summed E-state index contributed by atoms with van der Waals surface area (Å²) in [4.78, 5) is 31.2. The lowest BCUT2D eigenvalue weighted by Gasteiger charge is -2.31. The van der Waals surface area contributed by atoms with Gasteiger partial charge in [0.05, 0.1) is 28.5 Å². The lowest BCUT2D eigenvalue weighted by molar-refractivity contribution is 0.0694. The van der Waals surface area contributed by atoms with Crippen LogP contribution in [0.5, 0.6) is 0 Å². The zero-order valence-corrected chi connectivity index (χ0v) is 18.1. The highest BCUT2D eigenvalue weighted by molar-refractivity contribution is 6.34. The maximum Gasteiger partial charge on any atom is 0.341 e. The summed E-state index contributed by atoms with van der Waals surface area (Å²) in [5.74, 6) is -1.24. The highest BCUT2D eigenvalue weighted by Gasteiger charge is 2.26. The molecule has 0 unspecified atom stereocenters. The molecule has 1 aromatic carbocycles. The van der Waals surface area contributed by atoms with Crippen molar-refractivity contribution in [3.05, 3.63) is 68.7 Å². The smallest absolute Gasteiger partial charge is 0.341 e. The number of benzene rings is 1. The number of anilines is 1. The number of nitrogens with zero attached hydrogens (tertiary/aromatic N) is 4. The number of aromatic carboxylic acids is 1. The maximum absolute atomic E-state index is 12.9. The van der Waals surface area contributed by atoms with E-state index in [0.29, 0.717) is 42.1 Å². The summed E-state index contributed by atoms with van der Waals surface area (Å²) in [7, 11) is 0. The third-order valence-corrected chi connectivity index (χ3v) is 6.80. The van der Waals surface area contributed by atoms with E-state index >= 15 is 0 Å². The normalized spacial score (nSPS) is 17.3. The largest absolute Gasteiger partial charge is 0.477 e. The Morgan fingerprint density at radius 3 is 2.68 bits per heavy atom. The molecule has 1 saturated heterocycles. The van der Waals surface area contributed by atoms with Gasteiger partial charge >= 0.3 is 5.97 Å². The van der Waals surface area contributed by atoms with Crippen molar-refractivity contribution in [1.82, 2.24) is 14.0 Å². The molecule has 0 radical (unpaired) electrons. The summed E-state index contributed by atoms with van der Waals surface area (Å²) >= 11 is 12.7. The van der Waals surface area contributed by atoms with Crippen molar-refractivity contribution in [2.45, 2.75) is 32.0 Å². The topological polar surface area (TPSA) is 78.7 Å². The Bertz CT molecular complexity index is 1230. The molecule has 0 bridgehead atoms. The number of rotatable bonds is 3. The minimum atomic E-state index is -1.24. The first-order chi connectivity index (χ1) is 14.9. The Labute approximate surface area is 188 Å². The second kappa shape index (κ2) is 7.82. The van der Waals surface area contributed by atoms with Gasteiger partial charge in [-0.1, -0.05) is 17.7 Å². The van der Waals surface area contributed by atoms with Crippen molar-refractivity contribution in [1.29, 1.82) is 0 Å². The SMILES string of the molecule is O=C(O)c1cn(C2CCN(Cl)CC2)c2cc(N3Cc4cccnc4C3)c(Cl)cc2c1=O. The van der Waals surface area contributed by atoms with Crippen LogP contribution in [0.3, 0.4) is 0 Å². The van der Waals surface area contributed by atoms with Crippen LogP contribution in [-0.4, -0.2) is 38.1 Å². The highest BCUT2D eigenvalue weighted by atomic mass is 35.5. The van der Waals surface area contributed by atoms with Crippen LogP contribution in [0.1, 0.15) is 40.5 Å². The molecule has 0 aliphatic carbocycles. The summed E-state index contributed by atoms with van der Waals surface area (Å²) < 4.78 is 3.65. The number of aromatic nitrogens is 2. The van der Waals surface area contributed by atoms with Crippen molar-refractivity contribution >= 4 is 45.9 Å². The third-order valence-electron chi connectivity index (χ3n) is 6.16. The Balaban J connectivity index is 1.66. The molecule has 1 N–H and O–H groups in total. The van der Waals surface area contributed by atoms with Gasteiger partial charge in [-0.25, -0.2) is 9.21 Å². The van der Waals surface area contributed by atoms with Gasteiger partial charge in [-0.15, -0.1) is 0 Å². The van der Waals surface area contributed by atoms with E-state index in [2.05, 4.69) is 9.88 Å². The molecule has 9 heteroatoms. The van der Waals surface area contributed by atoms with Gasteiger partial charge in [0.2, 0.25) is 5.43 Å². The van der Waals surface area contributed by atoms with Crippen LogP contribution in [0.4, 0.5) is 5.69 Å². The third kappa shape index (κ3) is 3.56. The number of hydrogen-bond acceptors (Lipinski definition) is 5. The molecule has 160 valence electrons. The first-order valence-corrected chi connectivity index (χ1v) is 10.8. The molecule has 5 rings (SSSR count). The maximum atomic E-state index is 12.9. The number of hydrogen-bond donors (Lipinski definition) is 1. The molecule has 3 aromatic rings. The van der Waals surface area contributed by atoms with Crippen LogP contribution in [0.15, 0.2) is 41.5 Å². The van der Waals surface area contributed by atoms with Gasteiger partial charge in [0.15, 0.2) is 0 Å². The van der Waals surface area contributed by atoms with E-state index < -0.39 is 11.4 Å². The van der Waals surface area contributed by atoms with Crippen molar-refractivity contribution in [3.8, 4) is 0 Å². The molecule has 7 nitrogen and oxygen atoms in total. The summed E-state index contributed by atoms with van der Waals surface area (Å²) in [6.45, 7) is 2.69. The monoisotopic (exact) mass is 458 g/mol. The first kappa shape index (κ1) is 20.3. The molecule has 0 saturated carbocycles. The minimum absolute atomic E-state index is 0.0441. The minimum Gasteiger partial charge on any atom is -0.477 e. The number of pyridine rings is 2. The zero-order chi connectivity index (χ0) is 21.7. The molecule has 31 heavy (non-hydrogen) atoms. The first-order valence-electron chi connectivity index (χ1n) is 10.1. The van der Waals surface area contributed by atoms with E-state index in [1.54, 1.807) is 16.7 Å². The van der Waals surface area contributed by atoms with Crippen molar-refractivity contribution in [2.75, 3.05) is 18.0 Å². The molecule has 4 heterocycles. The van der Waals surface area contributed by atoms with Gasteiger partial charge in [0.25, 0.3) is 0 Å². The molecule has 2 aliphatic rings.